The summed E-state index contributed by atoms with van der Waals surface area (Å²) in [6, 6.07) is 15.3. The van der Waals surface area contributed by atoms with Gasteiger partial charge in [0.25, 0.3) is 5.95 Å². The minimum atomic E-state index is -0.242. The smallest absolute Gasteiger partial charge is 0.272 e. The zero-order chi connectivity index (χ0) is 24.4. The van der Waals surface area contributed by atoms with Crippen molar-refractivity contribution < 1.29 is 14.3 Å². The lowest BCUT2D eigenvalue weighted by Crippen LogP contribution is -2.25. The highest BCUT2D eigenvalue weighted by molar-refractivity contribution is 5.95. The third-order valence-corrected chi connectivity index (χ3v) is 5.81. The van der Waals surface area contributed by atoms with Gasteiger partial charge in [0.1, 0.15) is 12.4 Å². The van der Waals surface area contributed by atoms with Crippen LogP contribution in [0.5, 0.6) is 11.5 Å². The highest BCUT2D eigenvalue weighted by atomic mass is 16.5. The van der Waals surface area contributed by atoms with Gasteiger partial charge in [-0.3, -0.25) is 4.79 Å². The van der Waals surface area contributed by atoms with Gasteiger partial charge in [-0.05, 0) is 24.6 Å². The molecule has 174 valence electrons. The molecule has 1 N–H and O–H groups in total. The number of methoxy groups -OCH3 is 1. The van der Waals surface area contributed by atoms with Crippen LogP contribution in [-0.4, -0.2) is 44.6 Å². The summed E-state index contributed by atoms with van der Waals surface area (Å²) in [5, 5.41) is 15.9. The fraction of sp³-hybridized carbons (Fsp3) is 0.192. The first-order valence-corrected chi connectivity index (χ1v) is 11.0. The molecule has 0 spiro atoms. The predicted molar refractivity (Wildman–Crippen MR) is 130 cm³/mol. The van der Waals surface area contributed by atoms with Gasteiger partial charge >= 0.3 is 0 Å². The molecule has 0 fully saturated rings. The van der Waals surface area contributed by atoms with Gasteiger partial charge in [-0.25, -0.2) is 4.98 Å². The van der Waals surface area contributed by atoms with Crippen LogP contribution in [-0.2, 0) is 4.79 Å². The number of carbonyl (C=O) groups excluding carboxylic acids is 1. The molecule has 1 atom stereocenters. The number of hydrogen-bond donors (Lipinski definition) is 1. The van der Waals surface area contributed by atoms with Crippen molar-refractivity contribution >= 4 is 11.7 Å². The lowest BCUT2D eigenvalue weighted by atomic mass is 9.85. The molecule has 0 radical (unpaired) electrons. The topological polar surface area (TPSA) is 104 Å². The number of amides is 1. The summed E-state index contributed by atoms with van der Waals surface area (Å²) in [5.74, 6) is 3.95. The van der Waals surface area contributed by atoms with Gasteiger partial charge in [0, 0.05) is 23.5 Å². The Labute approximate surface area is 202 Å². The van der Waals surface area contributed by atoms with Crippen molar-refractivity contribution in [2.24, 2.45) is 0 Å². The van der Waals surface area contributed by atoms with Crippen molar-refractivity contribution in [2.45, 2.75) is 19.3 Å². The highest BCUT2D eigenvalue weighted by Gasteiger charge is 2.33. The molecular formula is C26H22N6O3. The standard InChI is InChI=1S/C26H22N6O3/c1-4-12-35-21-11-10-18(13-22(21)34-3)19-14-23(33)29-25-24(19)16(2)31-32(25)26-28-20(15-27-30-26)17-8-6-5-7-9-17/h1,5-11,13,15,19H,12,14H2,2-3H3,(H,29,33)/t19-/m1/s1. The number of aromatic nitrogens is 5. The molecular weight excluding hydrogens is 444 g/mol. The fourth-order valence-corrected chi connectivity index (χ4v) is 4.25. The van der Waals surface area contributed by atoms with E-state index in [1.807, 2.05) is 49.4 Å². The molecule has 9 heteroatoms. The van der Waals surface area contributed by atoms with Crippen LogP contribution in [0.15, 0.2) is 54.7 Å². The van der Waals surface area contributed by atoms with Gasteiger partial charge in [-0.2, -0.15) is 14.9 Å². The lowest BCUT2D eigenvalue weighted by molar-refractivity contribution is -0.116. The quantitative estimate of drug-likeness (QED) is 0.434. The summed E-state index contributed by atoms with van der Waals surface area (Å²) in [6.45, 7) is 2.03. The Kier molecular flexibility index (Phi) is 5.85. The van der Waals surface area contributed by atoms with Crippen LogP contribution in [0.4, 0.5) is 5.82 Å². The van der Waals surface area contributed by atoms with Gasteiger partial charge in [-0.1, -0.05) is 42.3 Å². The lowest BCUT2D eigenvalue weighted by Gasteiger charge is -2.24. The first-order valence-electron chi connectivity index (χ1n) is 11.0. The van der Waals surface area contributed by atoms with E-state index in [1.165, 1.54) is 4.68 Å². The van der Waals surface area contributed by atoms with E-state index in [-0.39, 0.29) is 30.8 Å². The average molecular weight is 467 g/mol. The van der Waals surface area contributed by atoms with E-state index in [1.54, 1.807) is 19.4 Å². The molecule has 4 aromatic rings. The fourth-order valence-electron chi connectivity index (χ4n) is 4.25. The predicted octanol–water partition coefficient (Wildman–Crippen LogP) is 3.53. The molecule has 0 saturated heterocycles. The molecule has 2 aromatic heterocycles. The summed E-state index contributed by atoms with van der Waals surface area (Å²) in [6.07, 6.45) is 7.16. The SMILES string of the molecule is C#CCOc1ccc([C@H]2CC(=O)Nc3c2c(C)nn3-c2nncc(-c3ccccc3)n2)cc1OC. The van der Waals surface area contributed by atoms with E-state index in [4.69, 9.17) is 15.9 Å². The van der Waals surface area contributed by atoms with Crippen LogP contribution in [0, 0.1) is 19.3 Å². The molecule has 1 amide bonds. The third-order valence-electron chi connectivity index (χ3n) is 5.81. The van der Waals surface area contributed by atoms with Gasteiger partial charge < -0.3 is 14.8 Å². The van der Waals surface area contributed by atoms with Crippen LogP contribution in [0.1, 0.15) is 29.2 Å². The largest absolute Gasteiger partial charge is 0.493 e. The Morgan fingerprint density at radius 1 is 1.20 bits per heavy atom. The number of carbonyl (C=O) groups is 1. The van der Waals surface area contributed by atoms with Gasteiger partial charge in [0.2, 0.25) is 5.91 Å². The summed E-state index contributed by atoms with van der Waals surface area (Å²) < 4.78 is 12.6. The first-order chi connectivity index (χ1) is 17.1. The summed E-state index contributed by atoms with van der Waals surface area (Å²) >= 11 is 0. The number of aryl methyl sites for hydroxylation is 1. The van der Waals surface area contributed by atoms with Crippen molar-refractivity contribution in [3.63, 3.8) is 0 Å². The summed E-state index contributed by atoms with van der Waals surface area (Å²) in [4.78, 5) is 17.4. The Bertz CT molecular complexity index is 1440. The number of hydrogen-bond acceptors (Lipinski definition) is 7. The van der Waals surface area contributed by atoms with E-state index in [0.29, 0.717) is 23.0 Å². The maximum atomic E-state index is 12.8. The van der Waals surface area contributed by atoms with E-state index in [0.717, 1.165) is 22.4 Å². The second-order valence-electron chi connectivity index (χ2n) is 7.98. The molecule has 9 nitrogen and oxygen atoms in total. The van der Waals surface area contributed by atoms with Crippen molar-refractivity contribution in [3.8, 4) is 41.0 Å². The number of ether oxygens (including phenoxy) is 2. The summed E-state index contributed by atoms with van der Waals surface area (Å²) in [5.41, 5.74) is 4.10. The number of anilines is 1. The Morgan fingerprint density at radius 3 is 2.80 bits per heavy atom. The number of rotatable bonds is 6. The molecule has 1 aliphatic rings. The number of nitrogens with zero attached hydrogens (tertiary/aromatic N) is 5. The van der Waals surface area contributed by atoms with E-state index < -0.39 is 0 Å². The third kappa shape index (κ3) is 4.17. The van der Waals surface area contributed by atoms with E-state index >= 15 is 0 Å². The maximum Gasteiger partial charge on any atom is 0.272 e. The minimum Gasteiger partial charge on any atom is -0.493 e. The van der Waals surface area contributed by atoms with Crippen molar-refractivity contribution in [2.75, 3.05) is 19.0 Å². The monoisotopic (exact) mass is 466 g/mol. The van der Waals surface area contributed by atoms with Crippen molar-refractivity contribution in [1.29, 1.82) is 0 Å². The van der Waals surface area contributed by atoms with Crippen LogP contribution < -0.4 is 14.8 Å². The highest BCUT2D eigenvalue weighted by Crippen LogP contribution is 2.42. The zero-order valence-electron chi connectivity index (χ0n) is 19.2. The van der Waals surface area contributed by atoms with Crippen LogP contribution >= 0.6 is 0 Å². The normalized spacial score (nSPS) is 14.5. The molecule has 0 unspecified atom stereocenters. The molecule has 5 rings (SSSR count). The zero-order valence-corrected chi connectivity index (χ0v) is 19.2. The molecule has 1 aliphatic heterocycles. The minimum absolute atomic E-state index is 0.133. The maximum absolute atomic E-state index is 12.8. The van der Waals surface area contributed by atoms with Gasteiger partial charge in [0.05, 0.1) is 24.7 Å². The molecule has 2 aromatic carbocycles. The molecule has 0 bridgehead atoms. The number of terminal acetylenes is 1. The van der Waals surface area contributed by atoms with Crippen molar-refractivity contribution in [3.05, 3.63) is 71.5 Å². The Morgan fingerprint density at radius 2 is 2.03 bits per heavy atom. The van der Waals surface area contributed by atoms with E-state index in [2.05, 4.69) is 31.5 Å². The van der Waals surface area contributed by atoms with Crippen LogP contribution in [0.3, 0.4) is 0 Å². The average Bonchev–Trinajstić information content (AvgIpc) is 3.23. The van der Waals surface area contributed by atoms with Gasteiger partial charge in [-0.15, -0.1) is 11.5 Å². The van der Waals surface area contributed by atoms with Crippen LogP contribution in [0.25, 0.3) is 17.2 Å². The molecule has 0 saturated carbocycles. The number of fused-ring (bicyclic) bond motifs is 1. The van der Waals surface area contributed by atoms with E-state index in [9.17, 15) is 4.79 Å². The summed E-state index contributed by atoms with van der Waals surface area (Å²) in [7, 11) is 1.56. The Balaban J connectivity index is 1.57. The second kappa shape index (κ2) is 9.27. The second-order valence-corrected chi connectivity index (χ2v) is 7.98. The first kappa shape index (κ1) is 22.1. The van der Waals surface area contributed by atoms with Gasteiger partial charge in [0.15, 0.2) is 11.5 Å². The molecule has 3 heterocycles. The van der Waals surface area contributed by atoms with Crippen molar-refractivity contribution in [1.82, 2.24) is 25.0 Å². The van der Waals surface area contributed by atoms with Crippen LogP contribution in [0.2, 0.25) is 0 Å². The Hall–Kier alpha value is -4.71. The molecule has 0 aliphatic carbocycles. The number of benzene rings is 2. The molecule has 35 heavy (non-hydrogen) atoms. The number of nitrogens with one attached hydrogen (secondary N) is 1.